The minimum atomic E-state index is -6.88. The molecular weight excluding hydrogens is 329 g/mol. The third-order valence-corrected chi connectivity index (χ3v) is 2.54. The van der Waals surface area contributed by atoms with E-state index in [1.807, 2.05) is 0 Å². The lowest BCUT2D eigenvalue weighted by Gasteiger charge is -2.32. The average molecular weight is 337 g/mol. The third kappa shape index (κ3) is 3.36. The van der Waals surface area contributed by atoms with Gasteiger partial charge in [-0.1, -0.05) is 30.3 Å². The summed E-state index contributed by atoms with van der Waals surface area (Å²) < 4.78 is 113. The lowest BCUT2D eigenvalue weighted by molar-refractivity contribution is -0.394. The number of nitrogens with zero attached hydrogens (tertiary/aromatic N) is 1. The van der Waals surface area contributed by atoms with E-state index in [4.69, 9.17) is 0 Å². The Balaban J connectivity index is 2.95. The molecule has 0 bridgehead atoms. The van der Waals surface area contributed by atoms with Crippen LogP contribution in [0.15, 0.2) is 35.3 Å². The van der Waals surface area contributed by atoms with Gasteiger partial charge in [0.1, 0.15) is 6.54 Å². The number of halogens is 9. The van der Waals surface area contributed by atoms with Crippen molar-refractivity contribution in [3.8, 4) is 0 Å². The first-order valence-corrected chi connectivity index (χ1v) is 5.58. The first-order valence-electron chi connectivity index (χ1n) is 5.58. The Bertz CT molecular complexity index is 519. The highest BCUT2D eigenvalue weighted by Gasteiger charge is 2.81. The molecule has 1 aromatic rings. The van der Waals surface area contributed by atoms with Crippen LogP contribution in [0.1, 0.15) is 5.56 Å². The largest absolute Gasteiger partial charge is 0.460 e. The fraction of sp³-hybridized carbons (Fsp3) is 0.417. The molecule has 0 saturated carbocycles. The average Bonchev–Trinajstić information content (AvgIpc) is 2.38. The Kier molecular flexibility index (Phi) is 4.83. The Hall–Kier alpha value is -1.74. The van der Waals surface area contributed by atoms with Gasteiger partial charge in [-0.05, 0) is 5.56 Å². The van der Waals surface area contributed by atoms with Crippen LogP contribution in [0.4, 0.5) is 39.5 Å². The number of alkyl halides is 9. The second-order valence-corrected chi connectivity index (χ2v) is 4.23. The second kappa shape index (κ2) is 5.81. The van der Waals surface area contributed by atoms with E-state index in [1.54, 1.807) is 6.07 Å². The molecule has 0 atom stereocenters. The highest BCUT2D eigenvalue weighted by Crippen LogP contribution is 2.53. The highest BCUT2D eigenvalue weighted by molar-refractivity contribution is 5.79. The van der Waals surface area contributed by atoms with Crippen LogP contribution in [0.3, 0.4) is 0 Å². The van der Waals surface area contributed by atoms with Crippen molar-refractivity contribution in [1.82, 2.24) is 0 Å². The number of hydrogen-bond acceptors (Lipinski definition) is 1. The van der Waals surface area contributed by atoms with Crippen LogP contribution in [-0.2, 0) is 0 Å². The molecule has 0 amide bonds. The van der Waals surface area contributed by atoms with E-state index in [2.05, 4.69) is 4.99 Å². The van der Waals surface area contributed by atoms with Gasteiger partial charge in [-0.3, -0.25) is 4.99 Å². The van der Waals surface area contributed by atoms with Gasteiger partial charge < -0.3 is 0 Å². The van der Waals surface area contributed by atoms with Gasteiger partial charge >= 0.3 is 23.9 Å². The Labute approximate surface area is 118 Å². The summed E-state index contributed by atoms with van der Waals surface area (Å²) in [4.78, 5) is 2.82. The minimum Gasteiger partial charge on any atom is -0.286 e. The normalized spacial score (nSPS) is 14.6. The van der Waals surface area contributed by atoms with Crippen LogP contribution >= 0.6 is 0 Å². The molecule has 1 rings (SSSR count). The van der Waals surface area contributed by atoms with Crippen LogP contribution in [-0.4, -0.2) is 36.7 Å². The second-order valence-electron chi connectivity index (χ2n) is 4.23. The first-order chi connectivity index (χ1) is 9.83. The molecule has 0 aliphatic carbocycles. The Morgan fingerprint density at radius 2 is 1.27 bits per heavy atom. The van der Waals surface area contributed by atoms with Gasteiger partial charge in [0, 0.05) is 6.21 Å². The van der Waals surface area contributed by atoms with Crippen molar-refractivity contribution in [2.75, 3.05) is 6.54 Å². The topological polar surface area (TPSA) is 12.4 Å². The molecular formula is C12H8F9N. The molecule has 0 unspecified atom stereocenters. The van der Waals surface area contributed by atoms with E-state index in [9.17, 15) is 39.5 Å². The molecule has 22 heavy (non-hydrogen) atoms. The van der Waals surface area contributed by atoms with Crippen molar-refractivity contribution in [2.45, 2.75) is 23.9 Å². The van der Waals surface area contributed by atoms with Crippen molar-refractivity contribution in [2.24, 2.45) is 4.99 Å². The summed E-state index contributed by atoms with van der Waals surface area (Å²) in [6.45, 7) is -2.22. The van der Waals surface area contributed by atoms with Gasteiger partial charge in [-0.25, -0.2) is 0 Å². The smallest absolute Gasteiger partial charge is 0.286 e. The molecule has 0 heterocycles. The lowest BCUT2D eigenvalue weighted by atomic mass is 10.0. The van der Waals surface area contributed by atoms with Crippen molar-refractivity contribution in [3.05, 3.63) is 35.9 Å². The molecule has 0 spiro atoms. The van der Waals surface area contributed by atoms with Crippen molar-refractivity contribution >= 4 is 6.21 Å². The zero-order valence-corrected chi connectivity index (χ0v) is 10.5. The van der Waals surface area contributed by atoms with Gasteiger partial charge in [0.2, 0.25) is 0 Å². The fourth-order valence-electron chi connectivity index (χ4n) is 1.31. The Morgan fingerprint density at radius 1 is 0.773 bits per heavy atom. The summed E-state index contributed by atoms with van der Waals surface area (Å²) in [6.07, 6.45) is -6.15. The molecule has 0 aliphatic heterocycles. The van der Waals surface area contributed by atoms with E-state index in [0.717, 1.165) is 0 Å². The van der Waals surface area contributed by atoms with Crippen LogP contribution < -0.4 is 0 Å². The molecule has 0 saturated heterocycles. The zero-order chi connectivity index (χ0) is 17.2. The molecule has 124 valence electrons. The molecule has 0 aliphatic rings. The fourth-order valence-corrected chi connectivity index (χ4v) is 1.31. The van der Waals surface area contributed by atoms with Gasteiger partial charge in [0.25, 0.3) is 0 Å². The summed E-state index contributed by atoms with van der Waals surface area (Å²) in [5.41, 5.74) is 0.184. The quantitative estimate of drug-likeness (QED) is 0.551. The van der Waals surface area contributed by atoms with Crippen molar-refractivity contribution in [1.29, 1.82) is 0 Å². The van der Waals surface area contributed by atoms with Gasteiger partial charge in [-0.2, -0.15) is 39.5 Å². The summed E-state index contributed by atoms with van der Waals surface area (Å²) in [5, 5.41) is 0. The van der Waals surface area contributed by atoms with Crippen LogP contribution in [0.2, 0.25) is 0 Å². The molecule has 0 radical (unpaired) electrons. The summed E-state index contributed by atoms with van der Waals surface area (Å²) in [6, 6.07) is 7.12. The van der Waals surface area contributed by atoms with E-state index in [1.165, 1.54) is 24.3 Å². The van der Waals surface area contributed by atoms with Crippen LogP contribution in [0.5, 0.6) is 0 Å². The molecule has 0 N–H and O–H groups in total. The minimum absolute atomic E-state index is 0.184. The van der Waals surface area contributed by atoms with Crippen LogP contribution in [0.25, 0.3) is 0 Å². The van der Waals surface area contributed by atoms with Gasteiger partial charge in [0.15, 0.2) is 0 Å². The molecule has 10 heteroatoms. The number of hydrogen-bond donors (Lipinski definition) is 0. The SMILES string of the molecule is FC(F)(F)C(F)(F)C(F)(F)C(F)(F)CN=Cc1ccccc1. The van der Waals surface area contributed by atoms with Crippen molar-refractivity contribution < 1.29 is 39.5 Å². The summed E-state index contributed by atoms with van der Waals surface area (Å²) in [5.74, 6) is -19.2. The molecule has 1 nitrogen and oxygen atoms in total. The summed E-state index contributed by atoms with van der Waals surface area (Å²) in [7, 11) is 0. The van der Waals surface area contributed by atoms with E-state index < -0.39 is 30.5 Å². The molecule has 0 fully saturated rings. The van der Waals surface area contributed by atoms with E-state index in [0.29, 0.717) is 6.21 Å². The maximum atomic E-state index is 13.1. The van der Waals surface area contributed by atoms with Gasteiger partial charge in [0.05, 0.1) is 0 Å². The maximum Gasteiger partial charge on any atom is 0.460 e. The molecule has 1 aromatic carbocycles. The third-order valence-electron chi connectivity index (χ3n) is 2.54. The number of benzene rings is 1. The van der Waals surface area contributed by atoms with E-state index in [-0.39, 0.29) is 5.56 Å². The summed E-state index contributed by atoms with van der Waals surface area (Å²) >= 11 is 0. The molecule has 0 aromatic heterocycles. The van der Waals surface area contributed by atoms with Gasteiger partial charge in [-0.15, -0.1) is 0 Å². The van der Waals surface area contributed by atoms with Crippen LogP contribution in [0, 0.1) is 0 Å². The Morgan fingerprint density at radius 3 is 1.73 bits per heavy atom. The standard InChI is InChI=1S/C12H8F9N/c13-9(14,7-22-6-8-4-2-1-3-5-8)10(15,16)11(17,18)12(19,20)21/h1-6H,7H2. The number of rotatable bonds is 5. The monoisotopic (exact) mass is 337 g/mol. The van der Waals surface area contributed by atoms with Crippen molar-refractivity contribution in [3.63, 3.8) is 0 Å². The highest BCUT2D eigenvalue weighted by atomic mass is 19.4. The number of aliphatic imine (C=N–C) groups is 1. The predicted octanol–water partition coefficient (Wildman–Crippen LogP) is 4.57. The first kappa shape index (κ1) is 18.3. The van der Waals surface area contributed by atoms with E-state index >= 15 is 0 Å². The zero-order valence-electron chi connectivity index (χ0n) is 10.5. The predicted molar refractivity (Wildman–Crippen MR) is 59.8 cm³/mol. The maximum absolute atomic E-state index is 13.1. The lowest BCUT2D eigenvalue weighted by Crippen LogP contribution is -2.61.